The van der Waals surface area contributed by atoms with Crippen molar-refractivity contribution in [2.45, 2.75) is 31.8 Å². The predicted molar refractivity (Wildman–Crippen MR) is 84.1 cm³/mol. The summed E-state index contributed by atoms with van der Waals surface area (Å²) in [6.07, 6.45) is 4.88. The van der Waals surface area contributed by atoms with E-state index in [0.717, 1.165) is 18.4 Å². The van der Waals surface area contributed by atoms with Gasteiger partial charge in [0, 0.05) is 18.8 Å². The second kappa shape index (κ2) is 6.64. The van der Waals surface area contributed by atoms with Gasteiger partial charge in [0.1, 0.15) is 0 Å². The molecule has 1 N–H and O–H groups in total. The Balaban J connectivity index is 1.69. The maximum absolute atomic E-state index is 12.6. The van der Waals surface area contributed by atoms with E-state index in [1.807, 2.05) is 30.3 Å². The summed E-state index contributed by atoms with van der Waals surface area (Å²) in [6.45, 7) is 1.22. The lowest BCUT2D eigenvalue weighted by Gasteiger charge is -2.22. The van der Waals surface area contributed by atoms with Crippen LogP contribution in [0.3, 0.4) is 0 Å². The molecule has 0 bridgehead atoms. The van der Waals surface area contributed by atoms with Crippen LogP contribution < -0.4 is 0 Å². The molecule has 120 valence electrons. The highest BCUT2D eigenvalue weighted by molar-refractivity contribution is 5.94. The van der Waals surface area contributed by atoms with Gasteiger partial charge in [-0.15, -0.1) is 0 Å². The lowest BCUT2D eigenvalue weighted by atomic mass is 10.1. The Hall–Kier alpha value is -2.63. The number of carboxylic acid groups (broad SMARTS) is 1. The molecule has 1 saturated heterocycles. The number of amides is 1. The third-order valence-corrected chi connectivity index (χ3v) is 4.12. The average molecular weight is 313 g/mol. The van der Waals surface area contributed by atoms with Gasteiger partial charge in [0.05, 0.1) is 24.7 Å². The number of carboxylic acids is 1. The van der Waals surface area contributed by atoms with Crippen LogP contribution in [0.5, 0.6) is 0 Å². The summed E-state index contributed by atoms with van der Waals surface area (Å²) in [6, 6.07) is 9.69. The van der Waals surface area contributed by atoms with Gasteiger partial charge in [0.15, 0.2) is 0 Å². The van der Waals surface area contributed by atoms with E-state index in [4.69, 9.17) is 5.11 Å². The molecule has 1 aromatic carbocycles. The highest BCUT2D eigenvalue weighted by Crippen LogP contribution is 2.22. The van der Waals surface area contributed by atoms with E-state index in [2.05, 4.69) is 5.10 Å². The second-order valence-corrected chi connectivity index (χ2v) is 5.80. The lowest BCUT2D eigenvalue weighted by Crippen LogP contribution is -2.36. The van der Waals surface area contributed by atoms with Gasteiger partial charge >= 0.3 is 5.97 Å². The smallest absolute Gasteiger partial charge is 0.305 e. The van der Waals surface area contributed by atoms with Crippen molar-refractivity contribution in [3.8, 4) is 0 Å². The summed E-state index contributed by atoms with van der Waals surface area (Å²) in [5, 5.41) is 13.2. The fourth-order valence-corrected chi connectivity index (χ4v) is 3.01. The van der Waals surface area contributed by atoms with Gasteiger partial charge in [0.25, 0.3) is 5.91 Å². The van der Waals surface area contributed by atoms with Crippen molar-refractivity contribution in [3.63, 3.8) is 0 Å². The Morgan fingerprint density at radius 1 is 1.26 bits per heavy atom. The minimum Gasteiger partial charge on any atom is -0.481 e. The van der Waals surface area contributed by atoms with Crippen LogP contribution in [-0.4, -0.2) is 44.3 Å². The topological polar surface area (TPSA) is 75.4 Å². The highest BCUT2D eigenvalue weighted by atomic mass is 16.4. The van der Waals surface area contributed by atoms with Crippen LogP contribution in [-0.2, 0) is 11.3 Å². The summed E-state index contributed by atoms with van der Waals surface area (Å²) < 4.78 is 1.73. The number of carbonyl (C=O) groups is 2. The van der Waals surface area contributed by atoms with Crippen LogP contribution in [0.1, 0.15) is 35.2 Å². The van der Waals surface area contributed by atoms with Crippen LogP contribution in [0.2, 0.25) is 0 Å². The first-order valence-corrected chi connectivity index (χ1v) is 7.72. The summed E-state index contributed by atoms with van der Waals surface area (Å²) in [5.41, 5.74) is 1.62. The SMILES string of the molecule is O=C(O)CC1CCCN1C(=O)c1cnn(Cc2ccccc2)c1. The summed E-state index contributed by atoms with van der Waals surface area (Å²) in [5.74, 6) is -0.998. The molecule has 3 rings (SSSR count). The zero-order valence-corrected chi connectivity index (χ0v) is 12.8. The Kier molecular flexibility index (Phi) is 4.41. The van der Waals surface area contributed by atoms with Crippen LogP contribution in [0.15, 0.2) is 42.7 Å². The summed E-state index contributed by atoms with van der Waals surface area (Å²) in [4.78, 5) is 25.2. The molecule has 6 heteroatoms. The molecule has 6 nitrogen and oxygen atoms in total. The third kappa shape index (κ3) is 3.59. The van der Waals surface area contributed by atoms with Gasteiger partial charge < -0.3 is 10.0 Å². The molecule has 0 spiro atoms. The van der Waals surface area contributed by atoms with Crippen molar-refractivity contribution in [1.82, 2.24) is 14.7 Å². The van der Waals surface area contributed by atoms with E-state index < -0.39 is 5.97 Å². The summed E-state index contributed by atoms with van der Waals surface area (Å²) >= 11 is 0. The molecule has 1 aliphatic heterocycles. The number of aliphatic carboxylic acids is 1. The predicted octanol–water partition coefficient (Wildman–Crippen LogP) is 2.01. The van der Waals surface area contributed by atoms with Crippen molar-refractivity contribution < 1.29 is 14.7 Å². The lowest BCUT2D eigenvalue weighted by molar-refractivity contribution is -0.137. The molecule has 1 unspecified atom stereocenters. The molecule has 1 amide bonds. The van der Waals surface area contributed by atoms with E-state index in [-0.39, 0.29) is 18.4 Å². The van der Waals surface area contributed by atoms with Crippen molar-refractivity contribution in [1.29, 1.82) is 0 Å². The molecule has 0 aliphatic carbocycles. The summed E-state index contributed by atoms with van der Waals surface area (Å²) in [7, 11) is 0. The monoisotopic (exact) mass is 313 g/mol. The number of benzene rings is 1. The van der Waals surface area contributed by atoms with Gasteiger partial charge in [-0.05, 0) is 18.4 Å². The molecule has 23 heavy (non-hydrogen) atoms. The second-order valence-electron chi connectivity index (χ2n) is 5.80. The van der Waals surface area contributed by atoms with E-state index >= 15 is 0 Å². The van der Waals surface area contributed by atoms with Crippen molar-refractivity contribution >= 4 is 11.9 Å². The molecule has 1 atom stereocenters. The van der Waals surface area contributed by atoms with Gasteiger partial charge in [-0.1, -0.05) is 30.3 Å². The number of hydrogen-bond donors (Lipinski definition) is 1. The fraction of sp³-hybridized carbons (Fsp3) is 0.353. The first-order valence-electron chi connectivity index (χ1n) is 7.72. The van der Waals surface area contributed by atoms with E-state index in [1.165, 1.54) is 0 Å². The minimum absolute atomic E-state index is 0.00386. The van der Waals surface area contributed by atoms with Crippen LogP contribution in [0.4, 0.5) is 0 Å². The van der Waals surface area contributed by atoms with Crippen LogP contribution >= 0.6 is 0 Å². The number of rotatable bonds is 5. The normalized spacial score (nSPS) is 17.4. The van der Waals surface area contributed by atoms with E-state index in [1.54, 1.807) is 22.0 Å². The first kappa shape index (κ1) is 15.3. The fourth-order valence-electron chi connectivity index (χ4n) is 3.01. The van der Waals surface area contributed by atoms with Crippen molar-refractivity contribution in [2.75, 3.05) is 6.54 Å². The highest BCUT2D eigenvalue weighted by Gasteiger charge is 2.31. The van der Waals surface area contributed by atoms with Crippen LogP contribution in [0, 0.1) is 0 Å². The third-order valence-electron chi connectivity index (χ3n) is 4.12. The Bertz CT molecular complexity index is 696. The zero-order chi connectivity index (χ0) is 16.2. The Labute approximate surface area is 134 Å². The number of nitrogens with zero attached hydrogens (tertiary/aromatic N) is 3. The zero-order valence-electron chi connectivity index (χ0n) is 12.8. The number of likely N-dealkylation sites (tertiary alicyclic amines) is 1. The van der Waals surface area contributed by atoms with Crippen LogP contribution in [0.25, 0.3) is 0 Å². The number of aromatic nitrogens is 2. The maximum Gasteiger partial charge on any atom is 0.305 e. The van der Waals surface area contributed by atoms with Gasteiger partial charge in [-0.2, -0.15) is 5.10 Å². The Morgan fingerprint density at radius 2 is 2.04 bits per heavy atom. The minimum atomic E-state index is -0.866. The Morgan fingerprint density at radius 3 is 2.78 bits per heavy atom. The quantitative estimate of drug-likeness (QED) is 0.916. The van der Waals surface area contributed by atoms with Gasteiger partial charge in [-0.25, -0.2) is 0 Å². The average Bonchev–Trinajstić information content (AvgIpc) is 3.17. The molecular weight excluding hydrogens is 294 g/mol. The first-order chi connectivity index (χ1) is 11.1. The van der Waals surface area contributed by atoms with Gasteiger partial charge in [0.2, 0.25) is 0 Å². The maximum atomic E-state index is 12.6. The molecular formula is C17H19N3O3. The van der Waals surface area contributed by atoms with Gasteiger partial charge in [-0.3, -0.25) is 14.3 Å². The number of hydrogen-bond acceptors (Lipinski definition) is 3. The molecule has 0 saturated carbocycles. The van der Waals surface area contributed by atoms with E-state index in [0.29, 0.717) is 18.7 Å². The molecule has 1 aromatic heterocycles. The molecule has 0 radical (unpaired) electrons. The molecule has 2 heterocycles. The van der Waals surface area contributed by atoms with Crippen molar-refractivity contribution in [2.24, 2.45) is 0 Å². The molecule has 1 aliphatic rings. The molecule has 1 fully saturated rings. The van der Waals surface area contributed by atoms with Crippen molar-refractivity contribution in [3.05, 3.63) is 53.9 Å². The molecule has 2 aromatic rings. The number of carbonyl (C=O) groups excluding carboxylic acids is 1. The standard InChI is InChI=1S/C17H19N3O3/c21-16(22)9-15-7-4-8-20(15)17(23)14-10-18-19(12-14)11-13-5-2-1-3-6-13/h1-3,5-6,10,12,15H,4,7-9,11H2,(H,21,22). The largest absolute Gasteiger partial charge is 0.481 e. The van der Waals surface area contributed by atoms with E-state index in [9.17, 15) is 9.59 Å².